The number of aromatic hydroxyl groups is 1. The van der Waals surface area contributed by atoms with Gasteiger partial charge < -0.3 is 20.3 Å². The lowest BCUT2D eigenvalue weighted by Crippen LogP contribution is -2.41. The fraction of sp³-hybridized carbons (Fsp3) is 0.231. The minimum absolute atomic E-state index is 0.0794. The third kappa shape index (κ3) is 5.49. The molecular formula is C26H25NO5S. The molecule has 33 heavy (non-hydrogen) atoms. The van der Waals surface area contributed by atoms with Crippen LogP contribution >= 0.6 is 11.8 Å². The molecule has 0 heterocycles. The number of aliphatic carboxylic acids is 1. The molecule has 0 saturated heterocycles. The van der Waals surface area contributed by atoms with E-state index in [9.17, 15) is 19.8 Å². The molecule has 1 aliphatic carbocycles. The molecule has 170 valence electrons. The lowest BCUT2D eigenvalue weighted by molar-refractivity contribution is -0.139. The van der Waals surface area contributed by atoms with Crippen molar-refractivity contribution in [2.24, 2.45) is 0 Å². The van der Waals surface area contributed by atoms with Crippen LogP contribution < -0.4 is 5.32 Å². The Bertz CT molecular complexity index is 1100. The van der Waals surface area contributed by atoms with Gasteiger partial charge in [-0.15, -0.1) is 0 Å². The summed E-state index contributed by atoms with van der Waals surface area (Å²) in [4.78, 5) is 24.0. The fourth-order valence-corrected chi connectivity index (χ4v) is 5.04. The quantitative estimate of drug-likeness (QED) is 0.386. The van der Waals surface area contributed by atoms with Gasteiger partial charge >= 0.3 is 12.1 Å². The normalized spacial score (nSPS) is 13.1. The van der Waals surface area contributed by atoms with Gasteiger partial charge in [-0.2, -0.15) is 11.8 Å². The molecule has 0 aromatic heterocycles. The van der Waals surface area contributed by atoms with Crippen molar-refractivity contribution in [3.63, 3.8) is 0 Å². The van der Waals surface area contributed by atoms with E-state index in [0.29, 0.717) is 11.5 Å². The Hall–Kier alpha value is -3.45. The summed E-state index contributed by atoms with van der Waals surface area (Å²) in [6.07, 6.45) is -0.467. The number of alkyl carbamates (subject to hydrolysis) is 1. The molecule has 7 heteroatoms. The number of ether oxygens (including phenoxy) is 1. The predicted molar refractivity (Wildman–Crippen MR) is 129 cm³/mol. The van der Waals surface area contributed by atoms with Gasteiger partial charge in [-0.3, -0.25) is 0 Å². The van der Waals surface area contributed by atoms with Gasteiger partial charge in [-0.25, -0.2) is 9.59 Å². The number of phenolic OH excluding ortho intramolecular Hbond substituents is 1. The first kappa shape index (κ1) is 22.7. The van der Waals surface area contributed by atoms with Crippen LogP contribution in [0, 0.1) is 0 Å². The Morgan fingerprint density at radius 3 is 2.27 bits per heavy atom. The monoisotopic (exact) mass is 463 g/mol. The summed E-state index contributed by atoms with van der Waals surface area (Å²) >= 11 is 1.54. The van der Waals surface area contributed by atoms with E-state index in [4.69, 9.17) is 4.74 Å². The summed E-state index contributed by atoms with van der Waals surface area (Å²) in [5.74, 6) is 0.210. The number of hydrogen-bond acceptors (Lipinski definition) is 5. The van der Waals surface area contributed by atoms with Gasteiger partial charge in [0.2, 0.25) is 0 Å². The van der Waals surface area contributed by atoms with E-state index >= 15 is 0 Å². The van der Waals surface area contributed by atoms with Crippen molar-refractivity contribution < 1.29 is 24.5 Å². The Labute approximate surface area is 196 Å². The molecule has 4 rings (SSSR count). The molecule has 1 aliphatic rings. The van der Waals surface area contributed by atoms with Crippen LogP contribution in [-0.4, -0.2) is 40.7 Å². The molecule has 0 fully saturated rings. The number of amides is 1. The van der Waals surface area contributed by atoms with Crippen molar-refractivity contribution in [3.05, 3.63) is 89.5 Å². The number of hydrogen-bond donors (Lipinski definition) is 3. The van der Waals surface area contributed by atoms with E-state index in [-0.39, 0.29) is 24.7 Å². The lowest BCUT2D eigenvalue weighted by atomic mass is 9.98. The molecule has 3 N–H and O–H groups in total. The number of nitrogens with one attached hydrogen (secondary N) is 1. The highest BCUT2D eigenvalue weighted by Crippen LogP contribution is 2.44. The van der Waals surface area contributed by atoms with Crippen LogP contribution in [0.1, 0.15) is 29.0 Å². The highest BCUT2D eigenvalue weighted by atomic mass is 32.2. The second kappa shape index (κ2) is 10.4. The molecule has 0 spiro atoms. The van der Waals surface area contributed by atoms with Crippen LogP contribution in [0.5, 0.6) is 5.75 Å². The van der Waals surface area contributed by atoms with Crippen molar-refractivity contribution in [2.45, 2.75) is 24.1 Å². The summed E-state index contributed by atoms with van der Waals surface area (Å²) < 4.78 is 5.46. The molecule has 1 unspecified atom stereocenters. The number of carbonyl (C=O) groups excluding carboxylic acids is 1. The minimum Gasteiger partial charge on any atom is -0.508 e. The Morgan fingerprint density at radius 2 is 1.64 bits per heavy atom. The number of phenols is 1. The maximum atomic E-state index is 12.4. The van der Waals surface area contributed by atoms with Gasteiger partial charge in [0, 0.05) is 11.7 Å². The topological polar surface area (TPSA) is 95.9 Å². The van der Waals surface area contributed by atoms with Crippen molar-refractivity contribution in [1.29, 1.82) is 0 Å². The average Bonchev–Trinajstić information content (AvgIpc) is 3.13. The smallest absolute Gasteiger partial charge is 0.407 e. The van der Waals surface area contributed by atoms with Crippen molar-refractivity contribution >= 4 is 23.8 Å². The van der Waals surface area contributed by atoms with E-state index in [1.807, 2.05) is 42.5 Å². The highest BCUT2D eigenvalue weighted by Gasteiger charge is 2.29. The highest BCUT2D eigenvalue weighted by molar-refractivity contribution is 7.98. The molecule has 0 aliphatic heterocycles. The Balaban J connectivity index is 1.29. The van der Waals surface area contributed by atoms with Crippen LogP contribution in [0.4, 0.5) is 4.79 Å². The van der Waals surface area contributed by atoms with Crippen LogP contribution in [0.25, 0.3) is 11.1 Å². The molecule has 1 amide bonds. The number of carbonyl (C=O) groups is 2. The molecule has 1 atom stereocenters. The third-order valence-electron chi connectivity index (χ3n) is 5.66. The van der Waals surface area contributed by atoms with Gasteiger partial charge in [0.25, 0.3) is 0 Å². The number of benzene rings is 3. The zero-order valence-electron chi connectivity index (χ0n) is 17.9. The lowest BCUT2D eigenvalue weighted by Gasteiger charge is -2.17. The largest absolute Gasteiger partial charge is 0.508 e. The minimum atomic E-state index is -1.10. The average molecular weight is 464 g/mol. The maximum absolute atomic E-state index is 12.4. The number of carboxylic acids is 1. The van der Waals surface area contributed by atoms with E-state index in [1.165, 1.54) is 11.8 Å². The summed E-state index contributed by atoms with van der Waals surface area (Å²) in [5, 5.41) is 21.5. The van der Waals surface area contributed by atoms with Crippen molar-refractivity contribution in [2.75, 3.05) is 12.4 Å². The summed E-state index contributed by atoms with van der Waals surface area (Å²) in [7, 11) is 0. The maximum Gasteiger partial charge on any atom is 0.407 e. The number of thioether (sulfide) groups is 1. The van der Waals surface area contributed by atoms with Gasteiger partial charge in [0.15, 0.2) is 0 Å². The molecular weight excluding hydrogens is 438 g/mol. The number of carboxylic acid groups (broad SMARTS) is 1. The molecule has 6 nitrogen and oxygen atoms in total. The first-order valence-electron chi connectivity index (χ1n) is 10.7. The van der Waals surface area contributed by atoms with E-state index < -0.39 is 18.1 Å². The van der Waals surface area contributed by atoms with Crippen LogP contribution in [-0.2, 0) is 15.3 Å². The summed E-state index contributed by atoms with van der Waals surface area (Å²) in [6.45, 7) is 0.137. The first-order chi connectivity index (χ1) is 16.0. The van der Waals surface area contributed by atoms with Gasteiger partial charge in [-0.1, -0.05) is 60.7 Å². The summed E-state index contributed by atoms with van der Waals surface area (Å²) in [5.41, 5.74) is 5.43. The predicted octanol–water partition coefficient (Wildman–Crippen LogP) is 5.01. The van der Waals surface area contributed by atoms with Gasteiger partial charge in [0.05, 0.1) is 0 Å². The molecule has 0 bridgehead atoms. The van der Waals surface area contributed by atoms with Crippen LogP contribution in [0.3, 0.4) is 0 Å². The molecule has 3 aromatic carbocycles. The van der Waals surface area contributed by atoms with E-state index in [1.54, 1.807) is 18.2 Å². The van der Waals surface area contributed by atoms with Crippen molar-refractivity contribution in [1.82, 2.24) is 5.32 Å². The van der Waals surface area contributed by atoms with E-state index in [2.05, 4.69) is 17.4 Å². The van der Waals surface area contributed by atoms with Crippen LogP contribution in [0.2, 0.25) is 0 Å². The van der Waals surface area contributed by atoms with Crippen LogP contribution in [0.15, 0.2) is 72.8 Å². The number of fused-ring (bicyclic) bond motifs is 3. The first-order valence-corrected chi connectivity index (χ1v) is 11.9. The standard InChI is InChI=1S/C26H25NO5S/c28-18-7-5-6-17(14-18)16-33-13-12-24(25(29)30)27-26(31)32-15-23-21-10-3-1-8-19(21)20-9-2-4-11-22(20)23/h1-11,14,23-24,28H,12-13,15-16H2,(H,27,31)(H,29,30). The zero-order chi connectivity index (χ0) is 23.2. The SMILES string of the molecule is O=C(NC(CCSCc1cccc(O)c1)C(=O)O)OCC1c2ccccc2-c2ccccc21. The third-order valence-corrected chi connectivity index (χ3v) is 6.73. The van der Waals surface area contributed by atoms with Crippen molar-refractivity contribution in [3.8, 4) is 16.9 Å². The number of rotatable bonds is 9. The second-order valence-electron chi connectivity index (χ2n) is 7.87. The second-order valence-corrected chi connectivity index (χ2v) is 8.98. The van der Waals surface area contributed by atoms with Gasteiger partial charge in [0.1, 0.15) is 18.4 Å². The Kier molecular flexibility index (Phi) is 7.19. The van der Waals surface area contributed by atoms with Gasteiger partial charge in [-0.05, 0) is 52.1 Å². The zero-order valence-corrected chi connectivity index (χ0v) is 18.8. The van der Waals surface area contributed by atoms with E-state index in [0.717, 1.165) is 27.8 Å². The Morgan fingerprint density at radius 1 is 0.970 bits per heavy atom. The molecule has 0 radical (unpaired) electrons. The molecule has 3 aromatic rings. The molecule has 0 saturated carbocycles. The fourth-order valence-electron chi connectivity index (χ4n) is 4.08. The summed E-state index contributed by atoms with van der Waals surface area (Å²) in [6, 6.07) is 22.0.